The molecule has 2 aliphatic rings. The fourth-order valence-electron chi connectivity index (χ4n) is 3.59. The van der Waals surface area contributed by atoms with Crippen LogP contribution in [-0.4, -0.2) is 39.0 Å². The van der Waals surface area contributed by atoms with Crippen LogP contribution in [0.1, 0.15) is 11.5 Å². The van der Waals surface area contributed by atoms with E-state index in [1.165, 1.54) is 29.3 Å². The number of halogens is 1. The van der Waals surface area contributed by atoms with Gasteiger partial charge in [-0.15, -0.1) is 0 Å². The van der Waals surface area contributed by atoms with E-state index >= 15 is 0 Å². The highest BCUT2D eigenvalue weighted by Crippen LogP contribution is 2.33. The molecule has 3 aromatic rings. The molecular formula is C20H15FN6O3. The van der Waals surface area contributed by atoms with E-state index in [9.17, 15) is 14.0 Å². The number of aromatic nitrogens is 2. The zero-order valence-electron chi connectivity index (χ0n) is 15.8. The lowest BCUT2D eigenvalue weighted by Crippen LogP contribution is -2.39. The first-order chi connectivity index (χ1) is 14.5. The third-order valence-corrected chi connectivity index (χ3v) is 5.09. The van der Waals surface area contributed by atoms with Gasteiger partial charge in [-0.2, -0.15) is 10.1 Å². The second kappa shape index (κ2) is 6.83. The van der Waals surface area contributed by atoms with E-state index in [1.807, 2.05) is 31.2 Å². The Labute approximate surface area is 169 Å². The average molecular weight is 406 g/mol. The van der Waals surface area contributed by atoms with Gasteiger partial charge in [-0.05, 0) is 36.8 Å². The molecule has 2 aliphatic heterocycles. The quantitative estimate of drug-likeness (QED) is 0.617. The average Bonchev–Trinajstić information content (AvgIpc) is 3.42. The molecule has 0 unspecified atom stereocenters. The summed E-state index contributed by atoms with van der Waals surface area (Å²) in [6, 6.07) is 10.9. The first kappa shape index (κ1) is 18.1. The van der Waals surface area contributed by atoms with Crippen molar-refractivity contribution in [1.29, 1.82) is 0 Å². The molecule has 9 nitrogen and oxygen atoms in total. The molecule has 0 spiro atoms. The Morgan fingerprint density at radius 1 is 1.07 bits per heavy atom. The molecule has 2 amide bonds. The monoisotopic (exact) mass is 406 g/mol. The van der Waals surface area contributed by atoms with Gasteiger partial charge in [0.25, 0.3) is 11.8 Å². The number of rotatable bonds is 4. The molecule has 5 rings (SSSR count). The second-order valence-electron chi connectivity index (χ2n) is 7.01. The van der Waals surface area contributed by atoms with Crippen LogP contribution in [0, 0.1) is 12.7 Å². The van der Waals surface area contributed by atoms with Crippen molar-refractivity contribution in [3.63, 3.8) is 0 Å². The lowest BCUT2D eigenvalue weighted by Gasteiger charge is -2.19. The Bertz CT molecular complexity index is 1180. The number of hydrogen-bond donors (Lipinski definition) is 0. The minimum Gasteiger partial charge on any atom is -0.337 e. The van der Waals surface area contributed by atoms with Crippen molar-refractivity contribution in [3.05, 3.63) is 65.8 Å². The number of fused-ring (bicyclic) bond motifs is 1. The number of hydrogen-bond acceptors (Lipinski definition) is 8. The van der Waals surface area contributed by atoms with Crippen LogP contribution >= 0.6 is 0 Å². The van der Waals surface area contributed by atoms with Gasteiger partial charge in [-0.1, -0.05) is 34.6 Å². The van der Waals surface area contributed by atoms with Gasteiger partial charge in [-0.25, -0.2) is 9.29 Å². The van der Waals surface area contributed by atoms with Gasteiger partial charge in [0.1, 0.15) is 12.4 Å². The number of nitrogens with zero attached hydrogens (tertiary/aromatic N) is 6. The topological polar surface area (TPSA) is 104 Å². The van der Waals surface area contributed by atoms with Gasteiger partial charge in [0.2, 0.25) is 11.7 Å². The summed E-state index contributed by atoms with van der Waals surface area (Å²) in [5, 5.41) is 13.3. The normalized spacial score (nSPS) is 20.3. The molecule has 1 fully saturated rings. The fourth-order valence-corrected chi connectivity index (χ4v) is 3.59. The maximum atomic E-state index is 13.2. The minimum absolute atomic E-state index is 0.0276. The van der Waals surface area contributed by atoms with Crippen LogP contribution in [-0.2, 0) is 16.1 Å². The Balaban J connectivity index is 1.37. The standard InChI is InChI=1S/C20H15FN6O3/c1-11-4-2-3-5-14(11)18-22-15(30-24-18)10-26-17-16(23-25-26)19(28)27(20(17)29)13-8-6-12(21)7-9-13/h2-9,16-17H,10H2,1H3/t16-,17+/m0/s1. The lowest BCUT2D eigenvalue weighted by atomic mass is 10.1. The number of aryl methyl sites for hydroxylation is 1. The summed E-state index contributed by atoms with van der Waals surface area (Å²) in [7, 11) is 0. The summed E-state index contributed by atoms with van der Waals surface area (Å²) in [4.78, 5) is 31.0. The Kier molecular flexibility index (Phi) is 4.12. The van der Waals surface area contributed by atoms with Crippen molar-refractivity contribution in [2.75, 3.05) is 4.90 Å². The van der Waals surface area contributed by atoms with Crippen LogP contribution in [0.15, 0.2) is 63.4 Å². The SMILES string of the molecule is Cc1ccccc1-c1noc(CN2N=N[C@@H]3C(=O)N(c4ccc(F)cc4)C(=O)[C@@H]32)n1. The smallest absolute Gasteiger partial charge is 0.263 e. The van der Waals surface area contributed by atoms with Gasteiger partial charge in [-0.3, -0.25) is 14.6 Å². The van der Waals surface area contributed by atoms with Crippen molar-refractivity contribution in [2.45, 2.75) is 25.6 Å². The van der Waals surface area contributed by atoms with Gasteiger partial charge in [0, 0.05) is 5.56 Å². The van der Waals surface area contributed by atoms with E-state index in [2.05, 4.69) is 20.5 Å². The van der Waals surface area contributed by atoms with Crippen molar-refractivity contribution >= 4 is 17.5 Å². The predicted molar refractivity (Wildman–Crippen MR) is 101 cm³/mol. The lowest BCUT2D eigenvalue weighted by molar-refractivity contribution is -0.123. The van der Waals surface area contributed by atoms with Crippen LogP contribution < -0.4 is 4.90 Å². The molecule has 2 atom stereocenters. The highest BCUT2D eigenvalue weighted by molar-refractivity contribution is 6.25. The molecule has 0 saturated carbocycles. The van der Waals surface area contributed by atoms with E-state index in [1.54, 1.807) is 0 Å². The van der Waals surface area contributed by atoms with E-state index in [0.717, 1.165) is 16.0 Å². The molecule has 30 heavy (non-hydrogen) atoms. The van der Waals surface area contributed by atoms with Crippen LogP contribution in [0.5, 0.6) is 0 Å². The van der Waals surface area contributed by atoms with E-state index in [0.29, 0.717) is 5.82 Å². The van der Waals surface area contributed by atoms with Crippen molar-refractivity contribution in [2.24, 2.45) is 10.3 Å². The minimum atomic E-state index is -0.957. The molecule has 10 heteroatoms. The third-order valence-electron chi connectivity index (χ3n) is 5.09. The predicted octanol–water partition coefficient (Wildman–Crippen LogP) is 2.68. The molecule has 150 valence electrons. The van der Waals surface area contributed by atoms with Crippen LogP contribution in [0.2, 0.25) is 0 Å². The third kappa shape index (κ3) is 2.84. The Morgan fingerprint density at radius 3 is 2.60 bits per heavy atom. The molecule has 0 radical (unpaired) electrons. The molecular weight excluding hydrogens is 391 g/mol. The van der Waals surface area contributed by atoms with Gasteiger partial charge in [0.05, 0.1) is 5.69 Å². The van der Waals surface area contributed by atoms with Gasteiger partial charge in [0.15, 0.2) is 12.1 Å². The van der Waals surface area contributed by atoms with Crippen molar-refractivity contribution in [1.82, 2.24) is 15.1 Å². The summed E-state index contributed by atoms with van der Waals surface area (Å²) in [6.45, 7) is 1.97. The summed E-state index contributed by atoms with van der Waals surface area (Å²) in [5.41, 5.74) is 2.12. The van der Waals surface area contributed by atoms with E-state index in [-0.39, 0.29) is 18.1 Å². The highest BCUT2D eigenvalue weighted by atomic mass is 19.1. The molecule has 1 aromatic heterocycles. The van der Waals surface area contributed by atoms with E-state index in [4.69, 9.17) is 4.52 Å². The molecule has 0 N–H and O–H groups in total. The first-order valence-corrected chi connectivity index (χ1v) is 9.22. The number of amides is 2. The molecule has 0 bridgehead atoms. The number of benzene rings is 2. The van der Waals surface area contributed by atoms with Crippen molar-refractivity contribution in [3.8, 4) is 11.4 Å². The summed E-state index contributed by atoms with van der Waals surface area (Å²) in [6.07, 6.45) is 0. The summed E-state index contributed by atoms with van der Waals surface area (Å²) in [5.74, 6) is -0.777. The molecule has 2 aromatic carbocycles. The zero-order valence-corrected chi connectivity index (χ0v) is 15.8. The van der Waals surface area contributed by atoms with Gasteiger partial charge >= 0.3 is 0 Å². The van der Waals surface area contributed by atoms with E-state index < -0.39 is 29.7 Å². The number of imide groups is 1. The van der Waals surface area contributed by atoms with Crippen LogP contribution in [0.4, 0.5) is 10.1 Å². The summed E-state index contributed by atoms with van der Waals surface area (Å²) >= 11 is 0. The number of anilines is 1. The Hall–Kier alpha value is -3.95. The second-order valence-corrected chi connectivity index (χ2v) is 7.01. The zero-order chi connectivity index (χ0) is 20.8. The number of carbonyl (C=O) groups excluding carboxylic acids is 2. The number of carbonyl (C=O) groups is 2. The van der Waals surface area contributed by atoms with Crippen LogP contribution in [0.3, 0.4) is 0 Å². The largest absolute Gasteiger partial charge is 0.337 e. The van der Waals surface area contributed by atoms with Gasteiger partial charge < -0.3 is 4.52 Å². The maximum absolute atomic E-state index is 13.2. The summed E-state index contributed by atoms with van der Waals surface area (Å²) < 4.78 is 18.5. The van der Waals surface area contributed by atoms with Crippen LogP contribution in [0.25, 0.3) is 11.4 Å². The molecule has 0 aliphatic carbocycles. The maximum Gasteiger partial charge on any atom is 0.263 e. The van der Waals surface area contributed by atoms with Crippen molar-refractivity contribution < 1.29 is 18.5 Å². The molecule has 1 saturated heterocycles. The first-order valence-electron chi connectivity index (χ1n) is 9.22. The molecule has 3 heterocycles. The fraction of sp³-hybridized carbons (Fsp3) is 0.200. The highest BCUT2D eigenvalue weighted by Gasteiger charge is 2.55. The Morgan fingerprint density at radius 2 is 1.83 bits per heavy atom.